The monoisotopic (exact) mass is 342 g/mol. The van der Waals surface area contributed by atoms with Gasteiger partial charge < -0.3 is 14.5 Å². The fraction of sp³-hybridized carbons (Fsp3) is 0.350. The SMILES string of the molecule is CC(C)Oc1cccc(C(=O)N2CCN(c3ccccc3F)CC2)c1. The molecule has 2 aromatic carbocycles. The van der Waals surface area contributed by atoms with E-state index >= 15 is 0 Å². The maximum Gasteiger partial charge on any atom is 0.254 e. The fourth-order valence-corrected chi connectivity index (χ4v) is 3.02. The molecule has 0 unspecified atom stereocenters. The number of anilines is 1. The highest BCUT2D eigenvalue weighted by Crippen LogP contribution is 2.21. The largest absolute Gasteiger partial charge is 0.491 e. The van der Waals surface area contributed by atoms with Crippen molar-refractivity contribution in [3.8, 4) is 5.75 Å². The highest BCUT2D eigenvalue weighted by molar-refractivity contribution is 5.94. The van der Waals surface area contributed by atoms with E-state index in [1.807, 2.05) is 41.8 Å². The van der Waals surface area contributed by atoms with Gasteiger partial charge in [-0.25, -0.2) is 4.39 Å². The molecule has 0 bridgehead atoms. The maximum atomic E-state index is 13.9. The Hall–Kier alpha value is -2.56. The predicted molar refractivity (Wildman–Crippen MR) is 96.7 cm³/mol. The van der Waals surface area contributed by atoms with E-state index in [4.69, 9.17) is 4.74 Å². The average Bonchev–Trinajstić information content (AvgIpc) is 2.61. The molecule has 25 heavy (non-hydrogen) atoms. The van der Waals surface area contributed by atoms with Crippen LogP contribution < -0.4 is 9.64 Å². The van der Waals surface area contributed by atoms with Crippen molar-refractivity contribution in [1.29, 1.82) is 0 Å². The van der Waals surface area contributed by atoms with Crippen molar-refractivity contribution in [3.63, 3.8) is 0 Å². The summed E-state index contributed by atoms with van der Waals surface area (Å²) in [4.78, 5) is 16.5. The molecule has 0 N–H and O–H groups in total. The van der Waals surface area contributed by atoms with Crippen molar-refractivity contribution >= 4 is 11.6 Å². The second-order valence-corrected chi connectivity index (χ2v) is 6.43. The van der Waals surface area contributed by atoms with Crippen LogP contribution in [0, 0.1) is 5.82 Å². The predicted octanol–water partition coefficient (Wildman–Crippen LogP) is 3.58. The van der Waals surface area contributed by atoms with Gasteiger partial charge in [0.2, 0.25) is 0 Å². The number of rotatable bonds is 4. The van der Waals surface area contributed by atoms with Crippen molar-refractivity contribution in [2.24, 2.45) is 0 Å². The Balaban J connectivity index is 1.65. The van der Waals surface area contributed by atoms with Crippen LogP contribution in [0.3, 0.4) is 0 Å². The third kappa shape index (κ3) is 4.10. The Labute approximate surface area is 147 Å². The second-order valence-electron chi connectivity index (χ2n) is 6.43. The summed E-state index contributed by atoms with van der Waals surface area (Å²) in [6, 6.07) is 14.0. The molecule has 1 heterocycles. The molecule has 0 radical (unpaired) electrons. The number of hydrogen-bond acceptors (Lipinski definition) is 3. The Morgan fingerprint density at radius 3 is 2.44 bits per heavy atom. The van der Waals surface area contributed by atoms with Crippen LogP contribution in [0.1, 0.15) is 24.2 Å². The van der Waals surface area contributed by atoms with E-state index in [0.717, 1.165) is 0 Å². The molecule has 2 aromatic rings. The summed E-state index contributed by atoms with van der Waals surface area (Å²) in [6.07, 6.45) is 0.0645. The molecule has 0 spiro atoms. The summed E-state index contributed by atoms with van der Waals surface area (Å²) in [7, 11) is 0. The average molecular weight is 342 g/mol. The van der Waals surface area contributed by atoms with E-state index in [1.54, 1.807) is 24.3 Å². The first kappa shape index (κ1) is 17.3. The number of halogens is 1. The first-order valence-electron chi connectivity index (χ1n) is 8.60. The molecule has 4 nitrogen and oxygen atoms in total. The minimum Gasteiger partial charge on any atom is -0.491 e. The van der Waals surface area contributed by atoms with Crippen LogP contribution in [-0.2, 0) is 0 Å². The summed E-state index contributed by atoms with van der Waals surface area (Å²) >= 11 is 0. The Bertz CT molecular complexity index is 740. The zero-order valence-corrected chi connectivity index (χ0v) is 14.6. The molecule has 0 aliphatic carbocycles. The van der Waals surface area contributed by atoms with Gasteiger partial charge in [-0.1, -0.05) is 18.2 Å². The summed E-state index contributed by atoms with van der Waals surface area (Å²) in [5.74, 6) is 0.467. The zero-order valence-electron chi connectivity index (χ0n) is 14.6. The molecular formula is C20H23FN2O2. The number of benzene rings is 2. The molecule has 1 aliphatic rings. The number of carbonyl (C=O) groups is 1. The van der Waals surface area contributed by atoms with Crippen LogP contribution in [0.4, 0.5) is 10.1 Å². The Morgan fingerprint density at radius 1 is 1.04 bits per heavy atom. The van der Waals surface area contributed by atoms with E-state index in [1.165, 1.54) is 6.07 Å². The van der Waals surface area contributed by atoms with Gasteiger partial charge in [-0.05, 0) is 44.2 Å². The van der Waals surface area contributed by atoms with Crippen LogP contribution in [0.15, 0.2) is 48.5 Å². The van der Waals surface area contributed by atoms with Crippen molar-refractivity contribution in [1.82, 2.24) is 4.90 Å². The van der Waals surface area contributed by atoms with Gasteiger partial charge >= 0.3 is 0 Å². The van der Waals surface area contributed by atoms with Crippen LogP contribution in [0.2, 0.25) is 0 Å². The topological polar surface area (TPSA) is 32.8 Å². The van der Waals surface area contributed by atoms with Crippen molar-refractivity contribution in [2.75, 3.05) is 31.1 Å². The maximum absolute atomic E-state index is 13.9. The fourth-order valence-electron chi connectivity index (χ4n) is 3.02. The molecule has 5 heteroatoms. The molecule has 1 aliphatic heterocycles. The van der Waals surface area contributed by atoms with E-state index < -0.39 is 0 Å². The van der Waals surface area contributed by atoms with Gasteiger partial charge in [0.25, 0.3) is 5.91 Å². The number of ether oxygens (including phenoxy) is 1. The molecule has 1 fully saturated rings. The summed E-state index contributed by atoms with van der Waals surface area (Å²) in [5.41, 5.74) is 1.22. The highest BCUT2D eigenvalue weighted by atomic mass is 19.1. The number of amides is 1. The number of para-hydroxylation sites is 1. The Kier molecular flexibility index (Phi) is 5.22. The van der Waals surface area contributed by atoms with E-state index in [9.17, 15) is 9.18 Å². The van der Waals surface area contributed by atoms with E-state index in [2.05, 4.69) is 0 Å². The van der Waals surface area contributed by atoms with E-state index in [0.29, 0.717) is 43.2 Å². The molecule has 132 valence electrons. The van der Waals surface area contributed by atoms with Gasteiger partial charge in [-0.15, -0.1) is 0 Å². The molecule has 1 amide bonds. The van der Waals surface area contributed by atoms with Gasteiger partial charge in [0.15, 0.2) is 0 Å². The second kappa shape index (κ2) is 7.55. The minimum atomic E-state index is -0.221. The van der Waals surface area contributed by atoms with Gasteiger partial charge in [0.05, 0.1) is 11.8 Å². The van der Waals surface area contributed by atoms with Crippen molar-refractivity contribution in [3.05, 3.63) is 59.9 Å². The zero-order chi connectivity index (χ0) is 17.8. The third-order valence-corrected chi connectivity index (χ3v) is 4.21. The Morgan fingerprint density at radius 2 is 1.76 bits per heavy atom. The smallest absolute Gasteiger partial charge is 0.254 e. The van der Waals surface area contributed by atoms with Crippen LogP contribution in [0.5, 0.6) is 5.75 Å². The van der Waals surface area contributed by atoms with Crippen molar-refractivity contribution < 1.29 is 13.9 Å². The standard InChI is InChI=1S/C20H23FN2O2/c1-15(2)25-17-7-5-6-16(14-17)20(24)23-12-10-22(11-13-23)19-9-4-3-8-18(19)21/h3-9,14-15H,10-13H2,1-2H3. The molecule has 0 aromatic heterocycles. The number of piperazine rings is 1. The third-order valence-electron chi connectivity index (χ3n) is 4.21. The van der Waals surface area contributed by atoms with Gasteiger partial charge in [0, 0.05) is 31.7 Å². The molecule has 0 saturated carbocycles. The summed E-state index contributed by atoms with van der Waals surface area (Å²) in [6.45, 7) is 6.29. The lowest BCUT2D eigenvalue weighted by molar-refractivity contribution is 0.0746. The van der Waals surface area contributed by atoms with Gasteiger partial charge in [-0.3, -0.25) is 4.79 Å². The summed E-state index contributed by atoms with van der Waals surface area (Å²) in [5, 5.41) is 0. The summed E-state index contributed by atoms with van der Waals surface area (Å²) < 4.78 is 19.6. The van der Waals surface area contributed by atoms with Crippen LogP contribution in [0.25, 0.3) is 0 Å². The van der Waals surface area contributed by atoms with Gasteiger partial charge in [-0.2, -0.15) is 0 Å². The first-order valence-corrected chi connectivity index (χ1v) is 8.60. The van der Waals surface area contributed by atoms with Crippen LogP contribution in [-0.4, -0.2) is 43.1 Å². The lowest BCUT2D eigenvalue weighted by Crippen LogP contribution is -2.49. The quantitative estimate of drug-likeness (QED) is 0.851. The normalized spacial score (nSPS) is 14.7. The van der Waals surface area contributed by atoms with E-state index in [-0.39, 0.29) is 17.8 Å². The minimum absolute atomic E-state index is 0.0117. The number of hydrogen-bond donors (Lipinski definition) is 0. The number of carbonyl (C=O) groups excluding carboxylic acids is 1. The molecular weight excluding hydrogens is 319 g/mol. The number of nitrogens with zero attached hydrogens (tertiary/aromatic N) is 2. The van der Waals surface area contributed by atoms with Gasteiger partial charge in [0.1, 0.15) is 11.6 Å². The lowest BCUT2D eigenvalue weighted by atomic mass is 10.1. The van der Waals surface area contributed by atoms with Crippen molar-refractivity contribution in [2.45, 2.75) is 20.0 Å². The first-order chi connectivity index (χ1) is 12.0. The van der Waals surface area contributed by atoms with Crippen LogP contribution >= 0.6 is 0 Å². The molecule has 3 rings (SSSR count). The molecule has 0 atom stereocenters. The highest BCUT2D eigenvalue weighted by Gasteiger charge is 2.23. The lowest BCUT2D eigenvalue weighted by Gasteiger charge is -2.36. The molecule has 1 saturated heterocycles.